The highest BCUT2D eigenvalue weighted by molar-refractivity contribution is 6.06. The van der Waals surface area contributed by atoms with Crippen LogP contribution in [0, 0.1) is 6.92 Å². The van der Waals surface area contributed by atoms with Crippen LogP contribution in [0.1, 0.15) is 41.9 Å². The molecule has 0 spiro atoms. The molecule has 7 heteroatoms. The third-order valence-electron chi connectivity index (χ3n) is 6.77. The number of carbonyl (C=O) groups excluding carboxylic acids is 1. The second kappa shape index (κ2) is 8.11. The Morgan fingerprint density at radius 3 is 2.68 bits per heavy atom. The summed E-state index contributed by atoms with van der Waals surface area (Å²) in [5.74, 6) is -0.0995. The highest BCUT2D eigenvalue weighted by Crippen LogP contribution is 2.44. The Balaban J connectivity index is 0.00000253. The van der Waals surface area contributed by atoms with E-state index < -0.39 is 5.91 Å². The van der Waals surface area contributed by atoms with Crippen LogP contribution in [0.5, 0.6) is 0 Å². The number of nitrogens with two attached hydrogens (primary N) is 1. The van der Waals surface area contributed by atoms with Crippen LogP contribution in [0.2, 0.25) is 0 Å². The molecule has 1 aliphatic rings. The number of nitrogens with one attached hydrogen (secondary N) is 1. The first-order valence-electron chi connectivity index (χ1n) is 11.5. The van der Waals surface area contributed by atoms with Crippen LogP contribution in [0.15, 0.2) is 60.9 Å². The van der Waals surface area contributed by atoms with Gasteiger partial charge in [0.2, 0.25) is 5.91 Å². The minimum Gasteiger partial charge on any atom is -0.381 e. The highest BCUT2D eigenvalue weighted by atomic mass is 16.5. The van der Waals surface area contributed by atoms with Gasteiger partial charge in [0.25, 0.3) is 0 Å². The van der Waals surface area contributed by atoms with Gasteiger partial charge in [-0.05, 0) is 73.9 Å². The molecule has 6 rings (SSSR count). The molecule has 3 N–H and O–H groups in total. The summed E-state index contributed by atoms with van der Waals surface area (Å²) in [7, 11) is 0. The van der Waals surface area contributed by atoms with E-state index in [0.29, 0.717) is 11.5 Å². The second-order valence-corrected chi connectivity index (χ2v) is 8.91. The SMILES string of the molecule is Cc1cc(-c2c(C3CCOCC3)n(-c3ccc(C(N)=O)cc3)c3cc4[nH]ncc4cc23)ccn1.[HH]. The number of amides is 1. The predicted molar refractivity (Wildman–Crippen MR) is 134 cm³/mol. The average Bonchev–Trinajstić information content (AvgIpc) is 3.45. The van der Waals surface area contributed by atoms with E-state index in [-0.39, 0.29) is 1.43 Å². The fourth-order valence-electron chi connectivity index (χ4n) is 5.16. The molecule has 1 fully saturated rings. The lowest BCUT2D eigenvalue weighted by Crippen LogP contribution is -2.17. The zero-order chi connectivity index (χ0) is 23.2. The van der Waals surface area contributed by atoms with Gasteiger partial charge >= 0.3 is 0 Å². The van der Waals surface area contributed by atoms with Gasteiger partial charge in [-0.2, -0.15) is 5.10 Å². The largest absolute Gasteiger partial charge is 0.381 e. The summed E-state index contributed by atoms with van der Waals surface area (Å²) in [6, 6.07) is 16.2. The van der Waals surface area contributed by atoms with Crippen LogP contribution in [0.25, 0.3) is 38.6 Å². The normalized spacial score (nSPS) is 14.7. The molecule has 4 heterocycles. The molecular formula is C27H27N5O2. The molecule has 5 aromatic rings. The zero-order valence-electron chi connectivity index (χ0n) is 18.9. The van der Waals surface area contributed by atoms with Crippen molar-refractivity contribution in [3.8, 4) is 16.8 Å². The summed E-state index contributed by atoms with van der Waals surface area (Å²) in [5, 5.41) is 9.61. The van der Waals surface area contributed by atoms with Crippen molar-refractivity contribution in [2.75, 3.05) is 13.2 Å². The Morgan fingerprint density at radius 2 is 1.94 bits per heavy atom. The zero-order valence-corrected chi connectivity index (χ0v) is 18.9. The van der Waals surface area contributed by atoms with Crippen LogP contribution in [-0.2, 0) is 4.74 Å². The molecule has 3 aromatic heterocycles. The number of pyridine rings is 1. The summed E-state index contributed by atoms with van der Waals surface area (Å²) < 4.78 is 8.05. The molecule has 7 nitrogen and oxygen atoms in total. The number of carbonyl (C=O) groups is 1. The molecule has 0 atom stereocenters. The Labute approximate surface area is 198 Å². The summed E-state index contributed by atoms with van der Waals surface area (Å²) in [5.41, 5.74) is 13.7. The van der Waals surface area contributed by atoms with Gasteiger partial charge in [-0.25, -0.2) is 0 Å². The fourth-order valence-corrected chi connectivity index (χ4v) is 5.16. The van der Waals surface area contributed by atoms with E-state index in [1.807, 2.05) is 31.5 Å². The molecule has 0 bridgehead atoms. The van der Waals surface area contributed by atoms with Crippen LogP contribution < -0.4 is 5.73 Å². The number of aromatic nitrogens is 4. The molecule has 2 aromatic carbocycles. The lowest BCUT2D eigenvalue weighted by Gasteiger charge is -2.26. The number of hydrogen-bond donors (Lipinski definition) is 2. The van der Waals surface area contributed by atoms with Crippen LogP contribution in [-0.4, -0.2) is 38.9 Å². The van der Waals surface area contributed by atoms with E-state index in [1.54, 1.807) is 12.1 Å². The predicted octanol–water partition coefficient (Wildman–Crippen LogP) is 5.12. The second-order valence-electron chi connectivity index (χ2n) is 8.91. The number of hydrogen-bond acceptors (Lipinski definition) is 4. The molecule has 0 saturated carbocycles. The minimum atomic E-state index is -0.430. The number of ether oxygens (including phenoxy) is 1. The molecule has 0 unspecified atom stereocenters. The van der Waals surface area contributed by atoms with E-state index in [2.05, 4.69) is 44.0 Å². The van der Waals surface area contributed by atoms with Crippen molar-refractivity contribution in [1.82, 2.24) is 19.7 Å². The number of nitrogens with zero attached hydrogens (tertiary/aromatic N) is 3. The number of H-pyrrole nitrogens is 1. The smallest absolute Gasteiger partial charge is 0.248 e. The molecule has 0 radical (unpaired) electrons. The van der Waals surface area contributed by atoms with Gasteiger partial charge < -0.3 is 15.0 Å². The third-order valence-corrected chi connectivity index (χ3v) is 6.77. The van der Waals surface area contributed by atoms with Crippen molar-refractivity contribution in [3.63, 3.8) is 0 Å². The van der Waals surface area contributed by atoms with E-state index >= 15 is 0 Å². The molecule has 1 amide bonds. The Kier molecular flexibility index (Phi) is 4.92. The van der Waals surface area contributed by atoms with Crippen LogP contribution >= 0.6 is 0 Å². The van der Waals surface area contributed by atoms with Gasteiger partial charge in [-0.3, -0.25) is 14.9 Å². The molecular weight excluding hydrogens is 426 g/mol. The monoisotopic (exact) mass is 453 g/mol. The number of fused-ring (bicyclic) bond motifs is 2. The Hall–Kier alpha value is -3.97. The van der Waals surface area contributed by atoms with Gasteiger partial charge in [0.15, 0.2) is 0 Å². The van der Waals surface area contributed by atoms with Crippen molar-refractivity contribution in [2.24, 2.45) is 5.73 Å². The van der Waals surface area contributed by atoms with Crippen molar-refractivity contribution in [2.45, 2.75) is 25.7 Å². The number of primary amides is 1. The topological polar surface area (TPSA) is 98.8 Å². The van der Waals surface area contributed by atoms with Crippen molar-refractivity contribution in [1.29, 1.82) is 0 Å². The summed E-state index contributed by atoms with van der Waals surface area (Å²) >= 11 is 0. The first-order valence-corrected chi connectivity index (χ1v) is 11.5. The number of rotatable bonds is 4. The number of aromatic amines is 1. The van der Waals surface area contributed by atoms with E-state index in [0.717, 1.165) is 59.4 Å². The van der Waals surface area contributed by atoms with Gasteiger partial charge in [-0.15, -0.1) is 0 Å². The first kappa shape index (κ1) is 20.6. The van der Waals surface area contributed by atoms with Gasteiger partial charge in [0, 0.05) is 65.7 Å². The maximum atomic E-state index is 11.7. The minimum absolute atomic E-state index is 0. The van der Waals surface area contributed by atoms with E-state index in [9.17, 15) is 4.79 Å². The van der Waals surface area contributed by atoms with E-state index in [1.165, 1.54) is 16.6 Å². The van der Waals surface area contributed by atoms with Crippen molar-refractivity contribution in [3.05, 3.63) is 77.9 Å². The molecule has 0 aliphatic carbocycles. The Morgan fingerprint density at radius 1 is 1.15 bits per heavy atom. The molecule has 34 heavy (non-hydrogen) atoms. The quantitative estimate of drug-likeness (QED) is 0.395. The lowest BCUT2D eigenvalue weighted by molar-refractivity contribution is 0.0843. The van der Waals surface area contributed by atoms with Gasteiger partial charge in [0.1, 0.15) is 0 Å². The maximum Gasteiger partial charge on any atom is 0.248 e. The average molecular weight is 454 g/mol. The standard InChI is InChI=1S/C27H25N5O2.H2/c1-16-12-19(6-9-29-16)25-22-13-20-15-30-31-23(20)14-24(22)32(26(25)17-7-10-34-11-8-17)21-4-2-18(3-5-21)27(28)33;/h2-6,9,12-15,17H,7-8,10-11H2,1H3,(H2,28,33)(H,30,31);1H. The summed E-state index contributed by atoms with van der Waals surface area (Å²) in [6.07, 6.45) is 5.64. The number of benzene rings is 2. The fraction of sp³-hybridized carbons (Fsp3) is 0.222. The van der Waals surface area contributed by atoms with Crippen molar-refractivity contribution < 1.29 is 11.0 Å². The van der Waals surface area contributed by atoms with Gasteiger partial charge in [-0.1, -0.05) is 0 Å². The molecule has 1 aliphatic heterocycles. The summed E-state index contributed by atoms with van der Waals surface area (Å²) in [4.78, 5) is 16.1. The Bertz CT molecular complexity index is 1530. The number of aryl methyl sites for hydroxylation is 1. The van der Waals surface area contributed by atoms with Gasteiger partial charge in [0.05, 0.1) is 17.2 Å². The molecule has 1 saturated heterocycles. The van der Waals surface area contributed by atoms with Crippen molar-refractivity contribution >= 4 is 27.7 Å². The molecule has 172 valence electrons. The maximum absolute atomic E-state index is 11.7. The summed E-state index contributed by atoms with van der Waals surface area (Å²) in [6.45, 7) is 3.51. The lowest BCUT2D eigenvalue weighted by atomic mass is 9.90. The van der Waals surface area contributed by atoms with E-state index in [4.69, 9.17) is 10.5 Å². The van der Waals surface area contributed by atoms with Crippen LogP contribution in [0.3, 0.4) is 0 Å². The third kappa shape index (κ3) is 3.36. The highest BCUT2D eigenvalue weighted by Gasteiger charge is 2.28. The van der Waals surface area contributed by atoms with Crippen LogP contribution in [0.4, 0.5) is 0 Å². The first-order chi connectivity index (χ1) is 16.6.